The normalized spacial score (nSPS) is 12.6. The van der Waals surface area contributed by atoms with Crippen LogP contribution < -0.4 is 0 Å². The number of carbonyl (C=O) groups is 3. The molecule has 0 N–H and O–H groups in total. The van der Waals surface area contributed by atoms with Gasteiger partial charge in [-0.3, -0.25) is 4.79 Å². The van der Waals surface area contributed by atoms with Gasteiger partial charge in [-0.2, -0.15) is 0 Å². The van der Waals surface area contributed by atoms with E-state index < -0.39 is 11.9 Å². The van der Waals surface area contributed by atoms with Crippen LogP contribution in [-0.2, 0) is 14.6 Å². The third-order valence-corrected chi connectivity index (χ3v) is 3.54. The Morgan fingerprint density at radius 2 is 1.35 bits per heavy atom. The molecule has 3 rings (SSSR count). The number of nitrogens with zero attached hydrogens (tertiary/aromatic N) is 1. The molecule has 1 aliphatic heterocycles. The molecule has 1 aliphatic rings. The molecule has 0 unspecified atom stereocenters. The monoisotopic (exact) mass is 353 g/mol. The maximum absolute atomic E-state index is 11.5. The molecule has 1 amide bonds. The third kappa shape index (κ3) is 5.59. The van der Waals surface area contributed by atoms with Crippen LogP contribution in [0.3, 0.4) is 0 Å². The standard InChI is InChI=1S/C14H10O4.C6H9NO/c15-13(11-7-3-1-4-8-11)17-18-14(16)12-9-5-2-6-10-12;1-2-7-5-3-4-6(7)8/h1-10H;2H,1,3-5H2. The molecule has 1 fully saturated rings. The summed E-state index contributed by atoms with van der Waals surface area (Å²) in [5.74, 6) is -1.21. The van der Waals surface area contributed by atoms with Gasteiger partial charge >= 0.3 is 11.9 Å². The minimum absolute atomic E-state index is 0.208. The summed E-state index contributed by atoms with van der Waals surface area (Å²) < 4.78 is 0. The van der Waals surface area contributed by atoms with Crippen LogP contribution in [-0.4, -0.2) is 29.3 Å². The molecule has 1 saturated heterocycles. The lowest BCUT2D eigenvalue weighted by molar-refractivity contribution is -0.187. The van der Waals surface area contributed by atoms with Crippen LogP contribution >= 0.6 is 0 Å². The minimum atomic E-state index is -0.708. The summed E-state index contributed by atoms with van der Waals surface area (Å²) in [7, 11) is 0. The number of hydrogen-bond acceptors (Lipinski definition) is 5. The maximum Gasteiger partial charge on any atom is 0.386 e. The van der Waals surface area contributed by atoms with Crippen molar-refractivity contribution in [2.75, 3.05) is 6.54 Å². The van der Waals surface area contributed by atoms with Gasteiger partial charge in [0.05, 0.1) is 11.1 Å². The van der Waals surface area contributed by atoms with Crippen molar-refractivity contribution in [3.63, 3.8) is 0 Å². The molecule has 2 aromatic carbocycles. The summed E-state index contributed by atoms with van der Waals surface area (Å²) in [6.07, 6.45) is 3.28. The fourth-order valence-electron chi connectivity index (χ4n) is 2.18. The van der Waals surface area contributed by atoms with E-state index >= 15 is 0 Å². The van der Waals surface area contributed by atoms with E-state index in [0.717, 1.165) is 13.0 Å². The quantitative estimate of drug-likeness (QED) is 0.625. The number of hydrogen-bond donors (Lipinski definition) is 0. The first-order valence-electron chi connectivity index (χ1n) is 8.07. The predicted molar refractivity (Wildman–Crippen MR) is 94.9 cm³/mol. The Hall–Kier alpha value is -3.41. The van der Waals surface area contributed by atoms with Crippen molar-refractivity contribution in [2.24, 2.45) is 0 Å². The van der Waals surface area contributed by atoms with E-state index in [4.69, 9.17) is 0 Å². The molecule has 0 radical (unpaired) electrons. The second-order valence-electron chi connectivity index (χ2n) is 5.35. The molecule has 0 bridgehead atoms. The van der Waals surface area contributed by atoms with E-state index in [1.807, 2.05) is 0 Å². The van der Waals surface area contributed by atoms with Crippen molar-refractivity contribution in [3.05, 3.63) is 84.6 Å². The minimum Gasteiger partial charge on any atom is -0.320 e. The number of carbonyl (C=O) groups excluding carboxylic acids is 3. The summed E-state index contributed by atoms with van der Waals surface area (Å²) in [5.41, 5.74) is 0.636. The van der Waals surface area contributed by atoms with Gasteiger partial charge in [-0.1, -0.05) is 43.0 Å². The Labute approximate surface area is 151 Å². The van der Waals surface area contributed by atoms with E-state index in [2.05, 4.69) is 16.4 Å². The SMILES string of the molecule is C=CN1CCCC1=O.O=C(OOC(=O)c1ccccc1)c1ccccc1. The molecule has 6 nitrogen and oxygen atoms in total. The highest BCUT2D eigenvalue weighted by atomic mass is 17.2. The molecule has 0 spiro atoms. The molecule has 6 heteroatoms. The summed E-state index contributed by atoms with van der Waals surface area (Å²) >= 11 is 0. The number of likely N-dealkylation sites (tertiary alicyclic amines) is 1. The Kier molecular flexibility index (Phi) is 7.12. The molecule has 0 aromatic heterocycles. The van der Waals surface area contributed by atoms with Crippen molar-refractivity contribution in [2.45, 2.75) is 12.8 Å². The highest BCUT2D eigenvalue weighted by Crippen LogP contribution is 2.08. The van der Waals surface area contributed by atoms with E-state index in [1.165, 1.54) is 0 Å². The second-order valence-corrected chi connectivity index (χ2v) is 5.35. The molecular formula is C20H19NO5. The first kappa shape index (κ1) is 18.9. The fraction of sp³-hybridized carbons (Fsp3) is 0.150. The molecular weight excluding hydrogens is 334 g/mol. The van der Waals surface area contributed by atoms with Crippen LogP contribution in [0.5, 0.6) is 0 Å². The van der Waals surface area contributed by atoms with Crippen molar-refractivity contribution in [1.82, 2.24) is 4.90 Å². The van der Waals surface area contributed by atoms with Crippen LogP contribution in [0.15, 0.2) is 73.4 Å². The average Bonchev–Trinajstić information content (AvgIpc) is 3.12. The van der Waals surface area contributed by atoms with Gasteiger partial charge in [0.2, 0.25) is 5.91 Å². The number of benzene rings is 2. The van der Waals surface area contributed by atoms with Crippen LogP contribution in [0, 0.1) is 0 Å². The molecule has 2 aromatic rings. The zero-order valence-electron chi connectivity index (χ0n) is 14.2. The van der Waals surface area contributed by atoms with Crippen molar-refractivity contribution in [3.8, 4) is 0 Å². The van der Waals surface area contributed by atoms with Crippen molar-refractivity contribution >= 4 is 17.8 Å². The number of amides is 1. The predicted octanol–water partition coefficient (Wildman–Crippen LogP) is 3.37. The lowest BCUT2D eigenvalue weighted by Gasteiger charge is -2.05. The third-order valence-electron chi connectivity index (χ3n) is 3.54. The van der Waals surface area contributed by atoms with Gasteiger partial charge in [0.1, 0.15) is 0 Å². The Morgan fingerprint density at radius 3 is 1.65 bits per heavy atom. The van der Waals surface area contributed by atoms with E-state index in [9.17, 15) is 14.4 Å². The van der Waals surface area contributed by atoms with Gasteiger partial charge < -0.3 is 4.90 Å². The second kappa shape index (κ2) is 9.78. The first-order valence-corrected chi connectivity index (χ1v) is 8.07. The maximum atomic E-state index is 11.5. The average molecular weight is 353 g/mol. The molecule has 0 atom stereocenters. The summed E-state index contributed by atoms with van der Waals surface area (Å²) in [4.78, 5) is 44.2. The Bertz CT molecular complexity index is 707. The van der Waals surface area contributed by atoms with Crippen LogP contribution in [0.25, 0.3) is 0 Å². The molecule has 26 heavy (non-hydrogen) atoms. The molecule has 0 saturated carbocycles. The highest BCUT2D eigenvalue weighted by molar-refractivity contribution is 5.92. The highest BCUT2D eigenvalue weighted by Gasteiger charge is 2.16. The Morgan fingerprint density at radius 1 is 0.885 bits per heavy atom. The van der Waals surface area contributed by atoms with Crippen LogP contribution in [0.2, 0.25) is 0 Å². The summed E-state index contributed by atoms with van der Waals surface area (Å²) in [6.45, 7) is 4.36. The van der Waals surface area contributed by atoms with Gasteiger partial charge in [-0.15, -0.1) is 0 Å². The van der Waals surface area contributed by atoms with Crippen LogP contribution in [0.1, 0.15) is 33.6 Å². The smallest absolute Gasteiger partial charge is 0.320 e. The first-order chi connectivity index (χ1) is 12.6. The summed E-state index contributed by atoms with van der Waals surface area (Å²) in [6, 6.07) is 16.6. The molecule has 1 heterocycles. The molecule has 0 aliphatic carbocycles. The topological polar surface area (TPSA) is 72.9 Å². The lowest BCUT2D eigenvalue weighted by Crippen LogP contribution is -2.16. The summed E-state index contributed by atoms with van der Waals surface area (Å²) in [5, 5.41) is 0. The Balaban J connectivity index is 0.000000254. The van der Waals surface area contributed by atoms with Crippen molar-refractivity contribution in [1.29, 1.82) is 0 Å². The van der Waals surface area contributed by atoms with Crippen molar-refractivity contribution < 1.29 is 24.2 Å². The fourth-order valence-corrected chi connectivity index (χ4v) is 2.18. The van der Waals surface area contributed by atoms with E-state index in [-0.39, 0.29) is 5.91 Å². The molecule has 134 valence electrons. The zero-order valence-corrected chi connectivity index (χ0v) is 14.2. The van der Waals surface area contributed by atoms with E-state index in [0.29, 0.717) is 17.5 Å². The van der Waals surface area contributed by atoms with Gasteiger partial charge in [-0.25, -0.2) is 19.4 Å². The van der Waals surface area contributed by atoms with Gasteiger partial charge in [0.25, 0.3) is 0 Å². The largest absolute Gasteiger partial charge is 0.386 e. The number of rotatable bonds is 3. The van der Waals surface area contributed by atoms with Gasteiger partial charge in [-0.05, 0) is 36.9 Å². The zero-order chi connectivity index (χ0) is 18.8. The van der Waals surface area contributed by atoms with E-state index in [1.54, 1.807) is 71.8 Å². The van der Waals surface area contributed by atoms with Gasteiger partial charge in [0, 0.05) is 13.0 Å². The lowest BCUT2D eigenvalue weighted by atomic mass is 10.2. The van der Waals surface area contributed by atoms with Gasteiger partial charge in [0.15, 0.2) is 0 Å². The van der Waals surface area contributed by atoms with Crippen LogP contribution in [0.4, 0.5) is 0 Å².